The minimum Gasteiger partial charge on any atom is -0.507 e. The lowest BCUT2D eigenvalue weighted by molar-refractivity contribution is -0.136. The zero-order valence-corrected chi connectivity index (χ0v) is 30.8. The van der Waals surface area contributed by atoms with E-state index in [-0.39, 0.29) is 29.7 Å². The van der Waals surface area contributed by atoms with Gasteiger partial charge >= 0.3 is 0 Å². The average Bonchev–Trinajstić information content (AvgIpc) is 3.42. The van der Waals surface area contributed by atoms with E-state index in [1.54, 1.807) is 12.1 Å². The summed E-state index contributed by atoms with van der Waals surface area (Å²) < 4.78 is 15.5. The van der Waals surface area contributed by atoms with Crippen molar-refractivity contribution in [1.29, 1.82) is 0 Å². The third kappa shape index (κ3) is 6.77. The van der Waals surface area contributed by atoms with Gasteiger partial charge in [0.05, 0.1) is 34.2 Å². The number of aromatic hydroxyl groups is 1. The van der Waals surface area contributed by atoms with E-state index in [1.165, 1.54) is 18.9 Å². The Balaban J connectivity index is 0.741. The number of aromatic nitrogens is 2. The minimum atomic E-state index is -1.08. The van der Waals surface area contributed by atoms with Gasteiger partial charge in [-0.2, -0.15) is 0 Å². The Morgan fingerprint density at radius 3 is 2.22 bits per heavy atom. The van der Waals surface area contributed by atoms with Crippen molar-refractivity contribution >= 4 is 40.8 Å². The average molecular weight is 752 g/mol. The molecule has 4 amide bonds. The van der Waals surface area contributed by atoms with Crippen molar-refractivity contribution in [3.8, 4) is 17.0 Å². The van der Waals surface area contributed by atoms with E-state index in [0.29, 0.717) is 47.9 Å². The van der Waals surface area contributed by atoms with Crippen molar-refractivity contribution in [2.45, 2.75) is 50.6 Å². The van der Waals surface area contributed by atoms with E-state index in [4.69, 9.17) is 0 Å². The van der Waals surface area contributed by atoms with E-state index in [2.05, 4.69) is 35.5 Å². The minimum absolute atomic E-state index is 0.0329. The molecule has 0 saturated carbocycles. The highest BCUT2D eigenvalue weighted by atomic mass is 19.1. The van der Waals surface area contributed by atoms with Crippen molar-refractivity contribution < 1.29 is 28.7 Å². The van der Waals surface area contributed by atoms with Gasteiger partial charge in [0, 0.05) is 64.3 Å². The molecule has 9 rings (SSSR count). The molecule has 4 saturated heterocycles. The predicted octanol–water partition coefficient (Wildman–Crippen LogP) is 2.93. The molecule has 7 heterocycles. The Bertz CT molecular complexity index is 2030. The topological polar surface area (TPSA) is 155 Å². The standard InChI is InChI=1S/C40H46FN9O5/c41-30-17-28-29(40(55)50(39(28)54)32-5-6-36(52)43-38(32)53)18-33(30)48-13-9-25(10-14-48)21-46-11-7-24(8-12-46)22-47-15-16-49-26(23-47)20-42-37-34(49)19-31(44-45-37)27-3-1-2-4-35(27)51/h1-4,17-19,24-26,32,51H,5-16,20-23H2,(H,42,45)(H,43,52,53). The number of para-hydroxylation sites is 1. The Kier molecular flexibility index (Phi) is 9.37. The molecule has 14 nitrogen and oxygen atoms in total. The molecule has 55 heavy (non-hydrogen) atoms. The number of nitrogens with zero attached hydrogens (tertiary/aromatic N) is 7. The number of piperidine rings is 3. The number of phenolic OH excluding ortho intramolecular Hbond substituents is 1. The highest BCUT2D eigenvalue weighted by molar-refractivity contribution is 6.23. The second kappa shape index (κ2) is 14.5. The number of amides is 4. The van der Waals surface area contributed by atoms with Crippen LogP contribution < -0.4 is 20.4 Å². The molecule has 3 aromatic rings. The van der Waals surface area contributed by atoms with Gasteiger partial charge < -0.3 is 25.1 Å². The van der Waals surface area contributed by atoms with Crippen molar-refractivity contribution in [3.05, 3.63) is 59.4 Å². The zero-order valence-electron chi connectivity index (χ0n) is 30.8. The molecule has 2 aromatic carbocycles. The fraction of sp³-hybridized carbons (Fsp3) is 0.500. The summed E-state index contributed by atoms with van der Waals surface area (Å²) in [6, 6.07) is 11.1. The highest BCUT2D eigenvalue weighted by Crippen LogP contribution is 2.37. The number of likely N-dealkylation sites (tertiary alicyclic amines) is 1. The molecule has 15 heteroatoms. The number of nitrogens with one attached hydrogen (secondary N) is 2. The molecule has 2 atom stereocenters. The van der Waals surface area contributed by atoms with Crippen molar-refractivity contribution in [2.24, 2.45) is 11.8 Å². The molecule has 6 aliphatic heterocycles. The number of hydrogen-bond acceptors (Lipinski definition) is 12. The lowest BCUT2D eigenvalue weighted by atomic mass is 9.92. The van der Waals surface area contributed by atoms with Crippen LogP contribution in [0, 0.1) is 17.7 Å². The number of phenols is 1. The van der Waals surface area contributed by atoms with Gasteiger partial charge in [-0.15, -0.1) is 10.2 Å². The molecule has 0 radical (unpaired) electrons. The summed E-state index contributed by atoms with van der Waals surface area (Å²) in [6.45, 7) is 9.34. The normalized spacial score (nSPS) is 24.1. The number of piperazine rings is 1. The Hall–Kier alpha value is -5.15. The van der Waals surface area contributed by atoms with Crippen LogP contribution in [0.1, 0.15) is 59.2 Å². The molecule has 0 aliphatic carbocycles. The first kappa shape index (κ1) is 35.5. The maximum absolute atomic E-state index is 15.5. The summed E-state index contributed by atoms with van der Waals surface area (Å²) in [4.78, 5) is 61.0. The number of halogens is 1. The number of carbonyl (C=O) groups is 4. The van der Waals surface area contributed by atoms with Crippen LogP contribution in [0.3, 0.4) is 0 Å². The van der Waals surface area contributed by atoms with E-state index < -0.39 is 35.5 Å². The first-order valence-electron chi connectivity index (χ1n) is 19.6. The van der Waals surface area contributed by atoms with Gasteiger partial charge in [-0.05, 0) is 87.4 Å². The summed E-state index contributed by atoms with van der Waals surface area (Å²) in [5.41, 5.74) is 2.78. The molecule has 1 aromatic heterocycles. The summed E-state index contributed by atoms with van der Waals surface area (Å²) in [6.07, 6.45) is 4.26. The molecule has 288 valence electrons. The Morgan fingerprint density at radius 2 is 1.47 bits per heavy atom. The van der Waals surface area contributed by atoms with Gasteiger partial charge in [-0.25, -0.2) is 4.39 Å². The maximum atomic E-state index is 15.5. The monoisotopic (exact) mass is 751 g/mol. The number of carbonyl (C=O) groups excluding carboxylic acids is 4. The van der Waals surface area contributed by atoms with Crippen LogP contribution in [-0.2, 0) is 9.59 Å². The third-order valence-electron chi connectivity index (χ3n) is 12.5. The second-order valence-corrected chi connectivity index (χ2v) is 15.9. The van der Waals surface area contributed by atoms with Crippen LogP contribution in [0.4, 0.5) is 21.6 Å². The first-order valence-corrected chi connectivity index (χ1v) is 19.6. The van der Waals surface area contributed by atoms with Gasteiger partial charge in [0.25, 0.3) is 11.8 Å². The number of benzene rings is 2. The molecule has 0 bridgehead atoms. The quantitative estimate of drug-likeness (QED) is 0.304. The fourth-order valence-corrected chi connectivity index (χ4v) is 9.50. The van der Waals surface area contributed by atoms with Gasteiger partial charge in [0.2, 0.25) is 11.8 Å². The van der Waals surface area contributed by atoms with Gasteiger partial charge in [-0.1, -0.05) is 12.1 Å². The maximum Gasteiger partial charge on any atom is 0.262 e. The van der Waals surface area contributed by atoms with Crippen LogP contribution in [-0.4, -0.2) is 131 Å². The van der Waals surface area contributed by atoms with Crippen LogP contribution in [0.25, 0.3) is 11.3 Å². The lowest BCUT2D eigenvalue weighted by Crippen LogP contribution is -2.58. The number of hydrogen-bond donors (Lipinski definition) is 3. The first-order chi connectivity index (χ1) is 26.7. The van der Waals surface area contributed by atoms with Crippen molar-refractivity contribution in [1.82, 2.24) is 30.2 Å². The molecule has 2 unspecified atom stereocenters. The van der Waals surface area contributed by atoms with E-state index >= 15 is 4.39 Å². The summed E-state index contributed by atoms with van der Waals surface area (Å²) in [5, 5.41) is 24.9. The number of anilines is 3. The zero-order chi connectivity index (χ0) is 37.8. The Labute approximate surface area is 318 Å². The van der Waals surface area contributed by atoms with Crippen LogP contribution in [0.2, 0.25) is 0 Å². The highest BCUT2D eigenvalue weighted by Gasteiger charge is 2.45. The number of fused-ring (bicyclic) bond motifs is 4. The van der Waals surface area contributed by atoms with Crippen molar-refractivity contribution in [2.75, 3.05) is 80.6 Å². The molecular formula is C40H46FN9O5. The summed E-state index contributed by atoms with van der Waals surface area (Å²) >= 11 is 0. The van der Waals surface area contributed by atoms with Crippen LogP contribution in [0.15, 0.2) is 42.5 Å². The second-order valence-electron chi connectivity index (χ2n) is 15.9. The number of imide groups is 2. The smallest absolute Gasteiger partial charge is 0.262 e. The van der Waals surface area contributed by atoms with Crippen LogP contribution in [0.5, 0.6) is 5.75 Å². The van der Waals surface area contributed by atoms with Gasteiger partial charge in [0.1, 0.15) is 17.6 Å². The molecule has 0 spiro atoms. The van der Waals surface area contributed by atoms with Crippen molar-refractivity contribution in [3.63, 3.8) is 0 Å². The van der Waals surface area contributed by atoms with Gasteiger partial charge in [0.15, 0.2) is 5.82 Å². The lowest BCUT2D eigenvalue weighted by Gasteiger charge is -2.47. The van der Waals surface area contributed by atoms with E-state index in [1.807, 2.05) is 23.1 Å². The molecule has 3 N–H and O–H groups in total. The largest absolute Gasteiger partial charge is 0.507 e. The molecule has 4 fully saturated rings. The SMILES string of the molecule is O=C1CCC(N2C(=O)c3cc(F)c(N4CCC(CN5CCC(CN6CCN7c8cc(-c9ccccc9O)nnc8NCC7C6)CC5)CC4)cc3C2=O)C(=O)N1. The van der Waals surface area contributed by atoms with E-state index in [0.717, 1.165) is 87.7 Å². The summed E-state index contributed by atoms with van der Waals surface area (Å²) in [5.74, 6) is -0.831. The summed E-state index contributed by atoms with van der Waals surface area (Å²) in [7, 11) is 0. The molecular weight excluding hydrogens is 705 g/mol. The predicted molar refractivity (Wildman–Crippen MR) is 202 cm³/mol. The fourth-order valence-electron chi connectivity index (χ4n) is 9.50. The van der Waals surface area contributed by atoms with E-state index in [9.17, 15) is 24.3 Å². The Morgan fingerprint density at radius 1 is 0.764 bits per heavy atom. The third-order valence-corrected chi connectivity index (χ3v) is 12.5. The van der Waals surface area contributed by atoms with Gasteiger partial charge in [-0.3, -0.25) is 34.3 Å². The number of rotatable bonds is 7. The molecule has 6 aliphatic rings. The van der Waals surface area contributed by atoms with Crippen LogP contribution >= 0.6 is 0 Å².